The van der Waals surface area contributed by atoms with Gasteiger partial charge < -0.3 is 45.1 Å². The van der Waals surface area contributed by atoms with E-state index in [1.54, 1.807) is 0 Å². The van der Waals surface area contributed by atoms with E-state index < -0.39 is 32.5 Å². The second kappa shape index (κ2) is 42.7. The van der Waals surface area contributed by atoms with Crippen LogP contribution < -0.4 is 120 Å². The summed E-state index contributed by atoms with van der Waals surface area (Å²) in [4.78, 5) is 18.0. The average Bonchev–Trinajstić information content (AvgIpc) is 2.04. The van der Waals surface area contributed by atoms with Crippen molar-refractivity contribution in [3.8, 4) is 0 Å². The van der Waals surface area contributed by atoms with Crippen molar-refractivity contribution >= 4 is 19.3 Å². The number of carboxylic acid groups (broad SMARTS) is 2. The van der Waals surface area contributed by atoms with Crippen LogP contribution in [-0.4, -0.2) is 42.7 Å². The van der Waals surface area contributed by atoms with Gasteiger partial charge >= 0.3 is 94.3 Å². The van der Waals surface area contributed by atoms with Crippen molar-refractivity contribution in [2.45, 2.75) is 0 Å². The maximum absolute atomic E-state index is 9.01. The first-order valence-electron chi connectivity index (χ1n) is 2.86. The van der Waals surface area contributed by atoms with E-state index in [4.69, 9.17) is 45.1 Å². The molecule has 0 aliphatic carbocycles. The molecule has 84 valence electrons. The number of carboxylic acids is 2. The van der Waals surface area contributed by atoms with Crippen LogP contribution in [0.3, 0.4) is 0 Å². The normalized spacial score (nSPS) is 5.32. The summed E-state index contributed by atoms with van der Waals surface area (Å²) in [6.45, 7) is -1.78. The van der Waals surface area contributed by atoms with Crippen LogP contribution in [0, 0.1) is 0 Å². The molecule has 0 saturated carbocycles. The first kappa shape index (κ1) is 49.8. The van der Waals surface area contributed by atoms with E-state index in [1.165, 1.54) is 0 Å². The number of carbonyl (C=O) groups excluding carboxylic acids is 2. The van der Waals surface area contributed by atoms with Gasteiger partial charge in [-0.25, -0.2) is 0 Å². The van der Waals surface area contributed by atoms with Gasteiger partial charge in [0.1, 0.15) is 0 Å². The molecule has 15 heteroatoms. The second-order valence-electron chi connectivity index (χ2n) is 1.35. The number of aliphatic hydroxyl groups excluding tert-OH is 2. The molecule has 0 aliphatic rings. The summed E-state index contributed by atoms with van der Waals surface area (Å²) < 4.78 is 0. The molecular weight excluding hydrogens is 238 g/mol. The largest absolute Gasteiger partial charge is 1.00 e. The Kier molecular flexibility index (Phi) is 112. The Bertz CT molecular complexity index is 145. The minimum Gasteiger partial charge on any atom is -0.907 e. The van der Waals surface area contributed by atoms with E-state index >= 15 is 0 Å². The molecule has 2 N–H and O–H groups in total. The molecule has 0 unspecified atom stereocenters. The van der Waals surface area contributed by atoms with Gasteiger partial charge in [-0.05, 0) is 0 Å². The number of rotatable bonds is 2. The van der Waals surface area contributed by atoms with Crippen LogP contribution in [0.2, 0.25) is 0 Å². The van der Waals surface area contributed by atoms with Gasteiger partial charge in [0.2, 0.25) is 0 Å². The van der Waals surface area contributed by atoms with Gasteiger partial charge in [0.05, 0.1) is 25.2 Å². The smallest absolute Gasteiger partial charge is 0.907 e. The number of hydrogen-bond donors (Lipinski definition) is 2. The molecule has 9 nitrogen and oxygen atoms in total. The molecule has 0 spiro atoms. The average molecular weight is 244 g/mol. The van der Waals surface area contributed by atoms with E-state index in [0.29, 0.717) is 0 Å². The summed E-state index contributed by atoms with van der Waals surface area (Å²) >= 11 is 0. The minimum absolute atomic E-state index is 0. The van der Waals surface area contributed by atoms with Gasteiger partial charge in [0.25, 0.3) is 0 Å². The Balaban J connectivity index is -0.0000000141. The number of aliphatic hydroxyl groups is 2. The monoisotopic (exact) mass is 244 g/mol. The van der Waals surface area contributed by atoms with E-state index in [9.17, 15) is 0 Å². The molecule has 0 bridgehead atoms. The van der Waals surface area contributed by atoms with Crippen LogP contribution in [0.4, 0.5) is 0 Å². The molecule has 0 fully saturated rings. The molecule has 0 heterocycles. The molecule has 0 aromatic carbocycles. The van der Waals surface area contributed by atoms with Crippen LogP contribution in [0.15, 0.2) is 0 Å². The van der Waals surface area contributed by atoms with Gasteiger partial charge in [-0.3, -0.25) is 7.32 Å². The van der Waals surface area contributed by atoms with E-state index in [0.717, 1.165) is 0 Å². The van der Waals surface area contributed by atoms with Crippen molar-refractivity contribution in [3.05, 3.63) is 0 Å². The first-order chi connectivity index (χ1) is 6.27. The van der Waals surface area contributed by atoms with Gasteiger partial charge in [0.15, 0.2) is 0 Å². The Morgan fingerprint density at radius 3 is 0.789 bits per heavy atom. The molecular formula is C4H6BLi5O9. The topological polar surface area (TPSA) is 190 Å². The third-order valence-electron chi connectivity index (χ3n) is 0.258. The van der Waals surface area contributed by atoms with Gasteiger partial charge in [-0.1, -0.05) is 0 Å². The second-order valence-corrected chi connectivity index (χ2v) is 1.35. The van der Waals surface area contributed by atoms with Crippen molar-refractivity contribution in [2.75, 3.05) is 13.2 Å². The summed E-state index contributed by atoms with van der Waals surface area (Å²) in [5, 5.41) is 58.2. The number of aliphatic carboxylic acids is 2. The molecule has 0 aromatic rings. The Morgan fingerprint density at radius 1 is 0.737 bits per heavy atom. The van der Waals surface area contributed by atoms with Crippen LogP contribution in [0.1, 0.15) is 0 Å². The number of carbonyl (C=O) groups is 2. The van der Waals surface area contributed by atoms with Crippen LogP contribution in [0.5, 0.6) is 0 Å². The van der Waals surface area contributed by atoms with Gasteiger partial charge in [0, 0.05) is 0 Å². The van der Waals surface area contributed by atoms with Crippen molar-refractivity contribution in [3.63, 3.8) is 0 Å². The molecule has 0 aliphatic heterocycles. The summed E-state index contributed by atoms with van der Waals surface area (Å²) in [6.07, 6.45) is 0. The fourth-order valence-electron chi connectivity index (χ4n) is 0. The quantitative estimate of drug-likeness (QED) is 0.443. The predicted octanol–water partition coefficient (Wildman–Crippen LogP) is -23.5. The zero-order valence-electron chi connectivity index (χ0n) is 11.7. The Labute approximate surface area is 170 Å². The molecule has 0 rings (SSSR count). The molecule has 0 aromatic heterocycles. The van der Waals surface area contributed by atoms with Crippen LogP contribution in [0.25, 0.3) is 0 Å². The van der Waals surface area contributed by atoms with E-state index in [2.05, 4.69) is 0 Å². The maximum atomic E-state index is 9.01. The third-order valence-corrected chi connectivity index (χ3v) is 0.258. The number of hydrogen-bond acceptors (Lipinski definition) is 9. The maximum Gasteiger partial charge on any atom is 1.00 e. The molecule has 19 heavy (non-hydrogen) atoms. The van der Waals surface area contributed by atoms with E-state index in [1.807, 2.05) is 0 Å². The standard InChI is InChI=1S/2C2H4O3.BO3.5Li/c2*3-1-2(4)5;2-1(3)4;;;;;/h2*3H,1H2,(H,4,5);;;;;;/q;;-3;5*+1/p-2. The fourth-order valence-corrected chi connectivity index (χ4v) is 0. The van der Waals surface area contributed by atoms with Crippen LogP contribution >= 0.6 is 0 Å². The van der Waals surface area contributed by atoms with Crippen LogP contribution in [-0.2, 0) is 9.59 Å². The summed E-state index contributed by atoms with van der Waals surface area (Å²) in [5.41, 5.74) is 0. The molecule has 0 atom stereocenters. The Morgan fingerprint density at radius 2 is 0.789 bits per heavy atom. The van der Waals surface area contributed by atoms with E-state index in [-0.39, 0.29) is 94.3 Å². The summed E-state index contributed by atoms with van der Waals surface area (Å²) in [5.74, 6) is -2.88. The van der Waals surface area contributed by atoms with Crippen molar-refractivity contribution in [2.24, 2.45) is 0 Å². The zero-order valence-corrected chi connectivity index (χ0v) is 11.7. The zero-order chi connectivity index (χ0) is 12.1. The minimum atomic E-state index is -2.92. The third kappa shape index (κ3) is 187. The Hall–Kier alpha value is 1.79. The predicted molar refractivity (Wildman–Crippen MR) is 29.9 cm³/mol. The first-order valence-corrected chi connectivity index (χ1v) is 2.86. The molecule has 0 radical (unpaired) electrons. The van der Waals surface area contributed by atoms with Crippen molar-refractivity contribution < 1.29 is 139 Å². The molecule has 0 amide bonds. The molecule has 0 saturated heterocycles. The van der Waals surface area contributed by atoms with Crippen molar-refractivity contribution in [1.29, 1.82) is 0 Å². The van der Waals surface area contributed by atoms with Crippen molar-refractivity contribution in [1.82, 2.24) is 0 Å². The summed E-state index contributed by atoms with van der Waals surface area (Å²) in [7, 11) is -2.92. The fraction of sp³-hybridized carbons (Fsp3) is 0.500. The SMILES string of the molecule is O=C([O-])CO.O=C([O-])CO.[Li+].[Li+].[Li+].[Li+].[Li+].[O-]B([O-])[O-]. The van der Waals surface area contributed by atoms with Gasteiger partial charge in [-0.15, -0.1) is 0 Å². The summed E-state index contributed by atoms with van der Waals surface area (Å²) in [6, 6.07) is 0. The van der Waals surface area contributed by atoms with Gasteiger partial charge in [-0.2, -0.15) is 0 Å².